The first-order chi connectivity index (χ1) is 7.52. The largest absolute Gasteiger partial charge is 0.396 e. The van der Waals surface area contributed by atoms with Gasteiger partial charge in [-0.3, -0.25) is 4.79 Å². The van der Waals surface area contributed by atoms with Gasteiger partial charge in [-0.1, -0.05) is 19.1 Å². The van der Waals surface area contributed by atoms with Crippen molar-refractivity contribution in [2.45, 2.75) is 6.92 Å². The zero-order valence-corrected chi connectivity index (χ0v) is 8.71. The highest BCUT2D eigenvalue weighted by molar-refractivity contribution is 6.01. The van der Waals surface area contributed by atoms with Gasteiger partial charge >= 0.3 is 0 Å². The van der Waals surface area contributed by atoms with Gasteiger partial charge in [-0.2, -0.15) is 0 Å². The number of carbonyl (C=O) groups excluding carboxylic acids is 1. The molecule has 2 unspecified atom stereocenters. The molecular weight excluding hydrogens is 212 g/mol. The molecule has 1 aromatic rings. The van der Waals surface area contributed by atoms with Gasteiger partial charge < -0.3 is 5.73 Å². The minimum atomic E-state index is -0.961. The lowest BCUT2D eigenvalue weighted by Crippen LogP contribution is -2.27. The maximum Gasteiger partial charge on any atom is 0.176 e. The van der Waals surface area contributed by atoms with E-state index in [2.05, 4.69) is 0 Å². The number of allylic oxidation sites excluding steroid dienone is 2. The van der Waals surface area contributed by atoms with Crippen LogP contribution in [0, 0.1) is 23.5 Å². The van der Waals surface area contributed by atoms with Crippen LogP contribution >= 0.6 is 0 Å². The molecule has 1 aromatic carbocycles. The van der Waals surface area contributed by atoms with Crippen LogP contribution in [-0.4, -0.2) is 5.78 Å². The Morgan fingerprint density at radius 1 is 1.31 bits per heavy atom. The molecule has 1 aliphatic rings. The Hall–Kier alpha value is -1.71. The number of halogens is 2. The smallest absolute Gasteiger partial charge is 0.176 e. The highest BCUT2D eigenvalue weighted by Crippen LogP contribution is 2.31. The van der Waals surface area contributed by atoms with Crippen molar-refractivity contribution in [3.63, 3.8) is 0 Å². The lowest BCUT2D eigenvalue weighted by molar-refractivity contribution is 0.0905. The van der Waals surface area contributed by atoms with Crippen molar-refractivity contribution in [3.8, 4) is 0 Å². The number of carbonyl (C=O) groups is 1. The lowest BCUT2D eigenvalue weighted by Gasteiger charge is -2.24. The van der Waals surface area contributed by atoms with Crippen molar-refractivity contribution in [1.29, 1.82) is 0 Å². The minimum absolute atomic E-state index is 0.0210. The van der Waals surface area contributed by atoms with Gasteiger partial charge in [-0.15, -0.1) is 0 Å². The van der Waals surface area contributed by atoms with Crippen LogP contribution in [0.25, 0.3) is 0 Å². The summed E-state index contributed by atoms with van der Waals surface area (Å²) in [5.41, 5.74) is 4.58. The van der Waals surface area contributed by atoms with Crippen molar-refractivity contribution in [1.82, 2.24) is 0 Å². The molecule has 0 saturated carbocycles. The number of hydrogen-bond donors (Lipinski definition) is 1. The second-order valence-corrected chi connectivity index (χ2v) is 3.96. The van der Waals surface area contributed by atoms with Crippen molar-refractivity contribution in [3.05, 3.63) is 41.5 Å². The number of ketones is 1. The lowest BCUT2D eigenvalue weighted by atomic mass is 9.78. The Bertz CT molecular complexity index is 482. The molecule has 2 rings (SSSR count). The van der Waals surface area contributed by atoms with Crippen LogP contribution in [0.1, 0.15) is 17.3 Å². The maximum atomic E-state index is 13.6. The second kappa shape index (κ2) is 3.70. The van der Waals surface area contributed by atoms with Crippen LogP contribution in [-0.2, 0) is 0 Å². The topological polar surface area (TPSA) is 43.1 Å². The van der Waals surface area contributed by atoms with E-state index >= 15 is 0 Å². The molecule has 2 atom stereocenters. The number of nitrogens with two attached hydrogens (primary N) is 1. The van der Waals surface area contributed by atoms with E-state index in [9.17, 15) is 13.6 Å². The van der Waals surface area contributed by atoms with E-state index in [1.54, 1.807) is 6.08 Å². The average Bonchev–Trinajstić information content (AvgIpc) is 2.22. The summed E-state index contributed by atoms with van der Waals surface area (Å²) in [6.45, 7) is 1.82. The van der Waals surface area contributed by atoms with E-state index in [1.807, 2.05) is 13.0 Å². The Kier molecular flexibility index (Phi) is 2.50. The molecule has 0 bridgehead atoms. The zero-order valence-electron chi connectivity index (χ0n) is 8.71. The van der Waals surface area contributed by atoms with Crippen LogP contribution in [0.4, 0.5) is 14.5 Å². The standard InChI is InChI=1S/C12H11F2NO/c1-6-2-3-7(6)12(16)10-8(13)4-5-9(15)11(10)14/h2-7H,15H2,1H3. The number of benzene rings is 1. The third-order valence-electron chi connectivity index (χ3n) is 2.86. The number of Topliss-reactive ketones (excluding diaryl/α,β-unsaturated/α-hetero) is 1. The van der Waals surface area contributed by atoms with Crippen LogP contribution in [0.15, 0.2) is 24.3 Å². The number of rotatable bonds is 2. The summed E-state index contributed by atoms with van der Waals surface area (Å²) >= 11 is 0. The molecule has 16 heavy (non-hydrogen) atoms. The van der Waals surface area contributed by atoms with Gasteiger partial charge in [0.1, 0.15) is 5.82 Å². The summed E-state index contributed by atoms with van der Waals surface area (Å²) in [6, 6.07) is 2.13. The predicted octanol–water partition coefficient (Wildman–Crippen LogP) is 2.55. The summed E-state index contributed by atoms with van der Waals surface area (Å²) in [5.74, 6) is -2.78. The third-order valence-corrected chi connectivity index (χ3v) is 2.86. The number of hydrogen-bond acceptors (Lipinski definition) is 2. The van der Waals surface area contributed by atoms with Gasteiger partial charge in [0.25, 0.3) is 0 Å². The Morgan fingerprint density at radius 2 is 2.00 bits per heavy atom. The summed E-state index contributed by atoms with van der Waals surface area (Å²) in [4.78, 5) is 11.8. The number of anilines is 1. The molecule has 2 nitrogen and oxygen atoms in total. The number of nitrogen functional groups attached to an aromatic ring is 1. The van der Waals surface area contributed by atoms with Crippen LogP contribution in [0.2, 0.25) is 0 Å². The van der Waals surface area contributed by atoms with Crippen molar-refractivity contribution >= 4 is 11.5 Å². The summed E-state index contributed by atoms with van der Waals surface area (Å²) in [6.07, 6.45) is 3.47. The fourth-order valence-electron chi connectivity index (χ4n) is 1.73. The van der Waals surface area contributed by atoms with Crippen LogP contribution in [0.3, 0.4) is 0 Å². The van der Waals surface area contributed by atoms with Gasteiger partial charge in [0.05, 0.1) is 11.3 Å². The zero-order chi connectivity index (χ0) is 11.9. The monoisotopic (exact) mass is 223 g/mol. The molecule has 4 heteroatoms. The summed E-state index contributed by atoms with van der Waals surface area (Å²) in [7, 11) is 0. The van der Waals surface area contributed by atoms with E-state index in [4.69, 9.17) is 5.73 Å². The fourth-order valence-corrected chi connectivity index (χ4v) is 1.73. The summed E-state index contributed by atoms with van der Waals surface area (Å²) < 4.78 is 26.9. The quantitative estimate of drug-likeness (QED) is 0.475. The molecule has 84 valence electrons. The van der Waals surface area contributed by atoms with Gasteiger partial charge in [0.2, 0.25) is 0 Å². The molecular formula is C12H11F2NO. The molecule has 1 aliphatic carbocycles. The van der Waals surface area contributed by atoms with Gasteiger partial charge in [0, 0.05) is 5.92 Å². The predicted molar refractivity (Wildman–Crippen MR) is 56.9 cm³/mol. The first-order valence-corrected chi connectivity index (χ1v) is 4.98. The normalized spacial score (nSPS) is 22.9. The van der Waals surface area contributed by atoms with E-state index < -0.39 is 28.9 Å². The molecule has 0 heterocycles. The second-order valence-electron chi connectivity index (χ2n) is 3.96. The van der Waals surface area contributed by atoms with E-state index in [1.165, 1.54) is 0 Å². The molecule has 0 aromatic heterocycles. The van der Waals surface area contributed by atoms with Crippen molar-refractivity contribution < 1.29 is 13.6 Å². The molecule has 0 aliphatic heterocycles. The van der Waals surface area contributed by atoms with E-state index in [0.29, 0.717) is 0 Å². The van der Waals surface area contributed by atoms with Gasteiger partial charge in [-0.05, 0) is 18.1 Å². The summed E-state index contributed by atoms with van der Waals surface area (Å²) in [5, 5.41) is 0. The van der Waals surface area contributed by atoms with E-state index in [0.717, 1.165) is 12.1 Å². The molecule has 0 saturated heterocycles. The minimum Gasteiger partial charge on any atom is -0.396 e. The maximum absolute atomic E-state index is 13.6. The van der Waals surface area contributed by atoms with Gasteiger partial charge in [-0.25, -0.2) is 8.78 Å². The SMILES string of the molecule is CC1C=CC1C(=O)c1c(F)ccc(N)c1F. The van der Waals surface area contributed by atoms with Crippen LogP contribution in [0.5, 0.6) is 0 Å². The Labute approximate surface area is 91.8 Å². The fraction of sp³-hybridized carbons (Fsp3) is 0.250. The van der Waals surface area contributed by atoms with Gasteiger partial charge in [0.15, 0.2) is 11.6 Å². The molecule has 0 amide bonds. The highest BCUT2D eigenvalue weighted by atomic mass is 19.1. The first-order valence-electron chi connectivity index (χ1n) is 4.98. The van der Waals surface area contributed by atoms with Crippen molar-refractivity contribution in [2.24, 2.45) is 11.8 Å². The molecule has 0 spiro atoms. The Balaban J connectivity index is 2.44. The molecule has 0 radical (unpaired) electrons. The first kappa shape index (κ1) is 10.8. The molecule has 0 fully saturated rings. The van der Waals surface area contributed by atoms with Crippen molar-refractivity contribution in [2.75, 3.05) is 5.73 Å². The molecule has 2 N–H and O–H groups in total. The highest BCUT2D eigenvalue weighted by Gasteiger charge is 2.32. The van der Waals surface area contributed by atoms with E-state index in [-0.39, 0.29) is 11.6 Å². The third kappa shape index (κ3) is 1.50. The van der Waals surface area contributed by atoms with Crippen LogP contribution < -0.4 is 5.73 Å². The average molecular weight is 223 g/mol. The Morgan fingerprint density at radius 3 is 2.50 bits per heavy atom.